The highest BCUT2D eigenvalue weighted by Gasteiger charge is 2.48. The average Bonchev–Trinajstić information content (AvgIpc) is 3.00. The van der Waals surface area contributed by atoms with Gasteiger partial charge in [0.2, 0.25) is 0 Å². The summed E-state index contributed by atoms with van der Waals surface area (Å²) in [5.74, 6) is -3.64. The smallest absolute Gasteiger partial charge is 0.338 e. The van der Waals surface area contributed by atoms with E-state index in [4.69, 9.17) is 9.84 Å². The fourth-order valence-corrected chi connectivity index (χ4v) is 4.49. The van der Waals surface area contributed by atoms with Gasteiger partial charge in [0.25, 0.3) is 5.91 Å². The standard InChI is InChI=1S/C16H20FN3O6S/c1-19(2)13-6-10(15(22)23)12(17)5-11(13)14(21)18-27(24,25)20-4-3-16(7-20)8-26-9-16/h5-6H,3-4,7-9H2,1-2H3,(H,18,21)(H,22,23). The number of nitrogens with one attached hydrogen (secondary N) is 1. The second-order valence-corrected chi connectivity index (χ2v) is 8.73. The number of ether oxygens (including phenoxy) is 1. The zero-order chi connectivity index (χ0) is 20.0. The van der Waals surface area contributed by atoms with Crippen LogP contribution in [0.5, 0.6) is 0 Å². The average molecular weight is 401 g/mol. The SMILES string of the molecule is CN(C)c1cc(C(=O)O)c(F)cc1C(=O)NS(=O)(=O)N1CCC2(COC2)C1. The van der Waals surface area contributed by atoms with Gasteiger partial charge in [0.05, 0.1) is 30.0 Å². The summed E-state index contributed by atoms with van der Waals surface area (Å²) in [6, 6.07) is 1.73. The maximum absolute atomic E-state index is 14.0. The highest BCUT2D eigenvalue weighted by molar-refractivity contribution is 7.87. The molecule has 0 saturated carbocycles. The van der Waals surface area contributed by atoms with Gasteiger partial charge in [-0.3, -0.25) is 4.79 Å². The van der Waals surface area contributed by atoms with E-state index in [-0.39, 0.29) is 29.8 Å². The van der Waals surface area contributed by atoms with Crippen LogP contribution in [0.15, 0.2) is 12.1 Å². The van der Waals surface area contributed by atoms with Crippen molar-refractivity contribution < 1.29 is 32.2 Å². The molecule has 1 aromatic carbocycles. The quantitative estimate of drug-likeness (QED) is 0.728. The lowest BCUT2D eigenvalue weighted by Crippen LogP contribution is -2.48. The van der Waals surface area contributed by atoms with Crippen molar-refractivity contribution in [2.24, 2.45) is 5.41 Å². The van der Waals surface area contributed by atoms with E-state index >= 15 is 0 Å². The fourth-order valence-electron chi connectivity index (χ4n) is 3.24. The lowest BCUT2D eigenvalue weighted by atomic mass is 9.86. The Morgan fingerprint density at radius 3 is 2.44 bits per heavy atom. The molecule has 11 heteroatoms. The number of anilines is 1. The Bertz CT molecular complexity index is 898. The van der Waals surface area contributed by atoms with Crippen molar-refractivity contribution in [2.45, 2.75) is 6.42 Å². The van der Waals surface area contributed by atoms with E-state index in [0.717, 1.165) is 12.1 Å². The number of halogens is 1. The number of aromatic carboxylic acids is 1. The molecule has 148 valence electrons. The molecule has 2 aliphatic heterocycles. The molecule has 2 N–H and O–H groups in total. The van der Waals surface area contributed by atoms with E-state index in [9.17, 15) is 22.4 Å². The van der Waals surface area contributed by atoms with Crippen molar-refractivity contribution in [3.63, 3.8) is 0 Å². The first-order valence-corrected chi connectivity index (χ1v) is 9.63. The van der Waals surface area contributed by atoms with E-state index in [2.05, 4.69) is 0 Å². The van der Waals surface area contributed by atoms with Crippen LogP contribution >= 0.6 is 0 Å². The van der Waals surface area contributed by atoms with Crippen LogP contribution in [-0.4, -0.2) is 70.1 Å². The van der Waals surface area contributed by atoms with Gasteiger partial charge in [-0.15, -0.1) is 0 Å². The zero-order valence-corrected chi connectivity index (χ0v) is 15.7. The third-order valence-corrected chi connectivity index (χ3v) is 6.26. The van der Waals surface area contributed by atoms with E-state index < -0.39 is 33.5 Å². The predicted octanol–water partition coefficient (Wildman–Crippen LogP) is 0.287. The molecule has 1 spiro atoms. The molecule has 2 saturated heterocycles. The Kier molecular flexibility index (Phi) is 4.87. The van der Waals surface area contributed by atoms with Gasteiger partial charge in [0.1, 0.15) is 5.82 Å². The third-order valence-electron chi connectivity index (χ3n) is 4.82. The molecule has 0 bridgehead atoms. The molecular weight excluding hydrogens is 381 g/mol. The summed E-state index contributed by atoms with van der Waals surface area (Å²) >= 11 is 0. The Labute approximate surface area is 155 Å². The van der Waals surface area contributed by atoms with Gasteiger partial charge < -0.3 is 14.7 Å². The maximum Gasteiger partial charge on any atom is 0.338 e. The molecule has 2 aliphatic rings. The Morgan fingerprint density at radius 1 is 1.30 bits per heavy atom. The fraction of sp³-hybridized carbons (Fsp3) is 0.500. The number of benzene rings is 1. The van der Waals surface area contributed by atoms with Crippen LogP contribution in [0.3, 0.4) is 0 Å². The van der Waals surface area contributed by atoms with Crippen molar-refractivity contribution >= 4 is 27.8 Å². The van der Waals surface area contributed by atoms with Crippen molar-refractivity contribution in [2.75, 3.05) is 45.3 Å². The summed E-state index contributed by atoms with van der Waals surface area (Å²) < 4.78 is 47.4. The number of hydrogen-bond donors (Lipinski definition) is 2. The topological polar surface area (TPSA) is 116 Å². The Balaban J connectivity index is 1.85. The highest BCUT2D eigenvalue weighted by Crippen LogP contribution is 2.38. The molecule has 9 nitrogen and oxygen atoms in total. The van der Waals surface area contributed by atoms with Crippen LogP contribution in [0.4, 0.5) is 10.1 Å². The van der Waals surface area contributed by atoms with E-state index in [1.54, 1.807) is 0 Å². The van der Waals surface area contributed by atoms with Crippen molar-refractivity contribution in [1.82, 2.24) is 9.03 Å². The van der Waals surface area contributed by atoms with Gasteiger partial charge in [-0.05, 0) is 18.6 Å². The monoisotopic (exact) mass is 401 g/mol. The summed E-state index contributed by atoms with van der Waals surface area (Å²) in [6.45, 7) is 1.49. The first-order chi connectivity index (χ1) is 12.5. The van der Waals surface area contributed by atoms with Crippen LogP contribution in [-0.2, 0) is 14.9 Å². The molecule has 3 rings (SSSR count). The summed E-state index contributed by atoms with van der Waals surface area (Å²) in [7, 11) is -1.05. The minimum absolute atomic E-state index is 0.0896. The number of carboxylic acids is 1. The van der Waals surface area contributed by atoms with E-state index in [1.807, 2.05) is 4.72 Å². The number of carbonyl (C=O) groups is 2. The van der Waals surface area contributed by atoms with Gasteiger partial charge in [-0.25, -0.2) is 13.9 Å². The van der Waals surface area contributed by atoms with Crippen LogP contribution in [0.2, 0.25) is 0 Å². The largest absolute Gasteiger partial charge is 0.478 e. The van der Waals surface area contributed by atoms with Gasteiger partial charge >= 0.3 is 16.2 Å². The zero-order valence-electron chi connectivity index (χ0n) is 14.9. The molecule has 0 aromatic heterocycles. The van der Waals surface area contributed by atoms with Crippen LogP contribution in [0, 0.1) is 11.2 Å². The van der Waals surface area contributed by atoms with Crippen molar-refractivity contribution in [3.05, 3.63) is 29.1 Å². The molecule has 2 heterocycles. The van der Waals surface area contributed by atoms with Crippen LogP contribution in [0.25, 0.3) is 0 Å². The van der Waals surface area contributed by atoms with Crippen molar-refractivity contribution in [1.29, 1.82) is 0 Å². The first kappa shape index (κ1) is 19.5. The molecule has 0 radical (unpaired) electrons. The van der Waals surface area contributed by atoms with Crippen LogP contribution in [0.1, 0.15) is 27.1 Å². The maximum atomic E-state index is 14.0. The Morgan fingerprint density at radius 2 is 1.96 bits per heavy atom. The number of amides is 1. The molecule has 27 heavy (non-hydrogen) atoms. The summed E-state index contributed by atoms with van der Waals surface area (Å²) in [4.78, 5) is 25.0. The van der Waals surface area contributed by atoms with Crippen molar-refractivity contribution in [3.8, 4) is 0 Å². The number of carbonyl (C=O) groups excluding carboxylic acids is 1. The molecule has 0 aliphatic carbocycles. The number of hydrogen-bond acceptors (Lipinski definition) is 6. The summed E-state index contributed by atoms with van der Waals surface area (Å²) in [6.07, 6.45) is 0.646. The highest BCUT2D eigenvalue weighted by atomic mass is 32.2. The minimum atomic E-state index is -4.12. The molecule has 0 unspecified atom stereocenters. The summed E-state index contributed by atoms with van der Waals surface area (Å²) in [5.41, 5.74) is -0.981. The second-order valence-electron chi connectivity index (χ2n) is 7.06. The normalized spacial score (nSPS) is 18.9. The molecule has 0 atom stereocenters. The lowest BCUT2D eigenvalue weighted by Gasteiger charge is -2.37. The number of rotatable bonds is 5. The minimum Gasteiger partial charge on any atom is -0.478 e. The van der Waals surface area contributed by atoms with Crippen LogP contribution < -0.4 is 9.62 Å². The molecular formula is C16H20FN3O6S. The predicted molar refractivity (Wildman–Crippen MR) is 93.5 cm³/mol. The molecule has 2 fully saturated rings. The number of carboxylic acid groups (broad SMARTS) is 1. The van der Waals surface area contributed by atoms with Gasteiger partial charge in [0.15, 0.2) is 0 Å². The lowest BCUT2D eigenvalue weighted by molar-refractivity contribution is -0.102. The van der Waals surface area contributed by atoms with Gasteiger partial charge in [-0.1, -0.05) is 0 Å². The molecule has 1 amide bonds. The number of nitrogens with zero attached hydrogens (tertiary/aromatic N) is 2. The third kappa shape index (κ3) is 3.62. The van der Waals surface area contributed by atoms with Gasteiger partial charge in [-0.2, -0.15) is 12.7 Å². The Hall–Kier alpha value is -2.24. The second kappa shape index (κ2) is 6.73. The van der Waals surface area contributed by atoms with Gasteiger partial charge in [0, 0.05) is 32.6 Å². The van der Waals surface area contributed by atoms with E-state index in [1.165, 1.54) is 23.3 Å². The summed E-state index contributed by atoms with van der Waals surface area (Å²) in [5, 5.41) is 9.04. The first-order valence-electron chi connectivity index (χ1n) is 8.19. The van der Waals surface area contributed by atoms with E-state index in [0.29, 0.717) is 19.6 Å². The molecule has 1 aromatic rings.